The number of alkyl halides is 3. The van der Waals surface area contributed by atoms with Crippen molar-refractivity contribution in [3.8, 4) is 5.75 Å². The van der Waals surface area contributed by atoms with Crippen LogP contribution in [0.15, 0.2) is 48.5 Å². The van der Waals surface area contributed by atoms with Crippen LogP contribution in [0.25, 0.3) is 0 Å². The van der Waals surface area contributed by atoms with Gasteiger partial charge in [0.15, 0.2) is 0 Å². The second-order valence-electron chi connectivity index (χ2n) is 6.35. The number of likely N-dealkylation sites (N-methyl/N-ethyl adjacent to an activating group) is 1. The van der Waals surface area contributed by atoms with Gasteiger partial charge in [-0.15, -0.1) is 0 Å². The van der Waals surface area contributed by atoms with E-state index in [-0.39, 0.29) is 5.69 Å². The van der Waals surface area contributed by atoms with Gasteiger partial charge in [0.1, 0.15) is 12.4 Å². The molecule has 0 fully saturated rings. The van der Waals surface area contributed by atoms with Crippen molar-refractivity contribution in [2.45, 2.75) is 26.1 Å². The van der Waals surface area contributed by atoms with Crippen molar-refractivity contribution < 1.29 is 22.7 Å². The number of hydrogen-bond acceptors (Lipinski definition) is 3. The molecule has 146 valence electrons. The van der Waals surface area contributed by atoms with E-state index in [0.717, 1.165) is 17.4 Å². The minimum absolute atomic E-state index is 0.244. The Morgan fingerprint density at radius 3 is 2.41 bits per heavy atom. The first-order chi connectivity index (χ1) is 12.7. The van der Waals surface area contributed by atoms with Crippen LogP contribution in [0.2, 0.25) is 0 Å². The lowest BCUT2D eigenvalue weighted by Gasteiger charge is -2.24. The second kappa shape index (κ2) is 8.90. The van der Waals surface area contributed by atoms with E-state index in [2.05, 4.69) is 5.32 Å². The Labute approximate surface area is 156 Å². The summed E-state index contributed by atoms with van der Waals surface area (Å²) in [5.74, 6) is 0.217. The van der Waals surface area contributed by atoms with Crippen molar-refractivity contribution in [2.24, 2.45) is 0 Å². The van der Waals surface area contributed by atoms with Gasteiger partial charge in [0.05, 0.1) is 17.3 Å². The van der Waals surface area contributed by atoms with Crippen LogP contribution in [0, 0.1) is 6.92 Å². The molecule has 0 aliphatic rings. The predicted molar refractivity (Wildman–Crippen MR) is 98.8 cm³/mol. The van der Waals surface area contributed by atoms with Crippen molar-refractivity contribution in [1.82, 2.24) is 4.90 Å². The van der Waals surface area contributed by atoms with E-state index in [0.29, 0.717) is 13.2 Å². The van der Waals surface area contributed by atoms with Crippen molar-refractivity contribution >= 4 is 11.6 Å². The number of amides is 1. The van der Waals surface area contributed by atoms with Crippen LogP contribution in [0.1, 0.15) is 18.1 Å². The van der Waals surface area contributed by atoms with Gasteiger partial charge in [-0.05, 0) is 45.2 Å². The average molecular weight is 380 g/mol. The zero-order chi connectivity index (χ0) is 20.0. The van der Waals surface area contributed by atoms with Crippen LogP contribution in [-0.4, -0.2) is 37.0 Å². The molecule has 1 amide bonds. The molecule has 4 nitrogen and oxygen atoms in total. The minimum Gasteiger partial charge on any atom is -0.492 e. The van der Waals surface area contributed by atoms with Gasteiger partial charge in [-0.2, -0.15) is 13.2 Å². The molecule has 2 rings (SSSR count). The van der Waals surface area contributed by atoms with E-state index in [1.54, 1.807) is 18.9 Å². The van der Waals surface area contributed by atoms with E-state index >= 15 is 0 Å². The minimum atomic E-state index is -4.53. The summed E-state index contributed by atoms with van der Waals surface area (Å²) in [4.78, 5) is 14.1. The van der Waals surface area contributed by atoms with Crippen molar-refractivity contribution in [3.63, 3.8) is 0 Å². The fourth-order valence-corrected chi connectivity index (χ4v) is 2.41. The fourth-order valence-electron chi connectivity index (χ4n) is 2.41. The summed E-state index contributed by atoms with van der Waals surface area (Å²) in [5, 5.41) is 2.37. The zero-order valence-electron chi connectivity index (χ0n) is 15.5. The lowest BCUT2D eigenvalue weighted by Crippen LogP contribution is -2.41. The molecule has 2 aromatic rings. The van der Waals surface area contributed by atoms with Gasteiger partial charge in [-0.25, -0.2) is 0 Å². The SMILES string of the molecule is Cc1ccc(OCCN(C)C(C)C(=O)Nc2ccccc2C(F)(F)F)cc1. The number of nitrogens with zero attached hydrogens (tertiary/aromatic N) is 1. The molecule has 0 bridgehead atoms. The van der Waals surface area contributed by atoms with E-state index in [9.17, 15) is 18.0 Å². The standard InChI is InChI=1S/C20H23F3N2O2/c1-14-8-10-16(11-9-14)27-13-12-25(3)15(2)19(26)24-18-7-5-4-6-17(18)20(21,22)23/h4-11,15H,12-13H2,1-3H3,(H,24,26). The predicted octanol–water partition coefficient (Wildman–Crippen LogP) is 4.35. The lowest BCUT2D eigenvalue weighted by molar-refractivity contribution is -0.137. The maximum atomic E-state index is 13.0. The Bertz CT molecular complexity index is 761. The third-order valence-corrected chi connectivity index (χ3v) is 4.26. The van der Waals surface area contributed by atoms with Crippen LogP contribution in [0.5, 0.6) is 5.75 Å². The molecule has 2 aromatic carbocycles. The number of ether oxygens (including phenoxy) is 1. The molecule has 0 aromatic heterocycles. The number of carbonyl (C=O) groups excluding carboxylic acids is 1. The summed E-state index contributed by atoms with van der Waals surface area (Å²) in [6, 6.07) is 11.9. The number of para-hydroxylation sites is 1. The highest BCUT2D eigenvalue weighted by atomic mass is 19.4. The first-order valence-corrected chi connectivity index (χ1v) is 8.55. The Morgan fingerprint density at radius 1 is 1.15 bits per heavy atom. The smallest absolute Gasteiger partial charge is 0.418 e. The average Bonchev–Trinajstić information content (AvgIpc) is 2.62. The monoisotopic (exact) mass is 380 g/mol. The molecular weight excluding hydrogens is 357 g/mol. The molecular formula is C20H23F3N2O2. The van der Waals surface area contributed by atoms with E-state index in [1.165, 1.54) is 18.2 Å². The number of carbonyl (C=O) groups is 1. The van der Waals surface area contributed by atoms with Gasteiger partial charge in [-0.1, -0.05) is 29.8 Å². The molecule has 0 saturated carbocycles. The quantitative estimate of drug-likeness (QED) is 0.776. The molecule has 0 aliphatic heterocycles. The molecule has 1 N–H and O–H groups in total. The number of anilines is 1. The molecule has 1 atom stereocenters. The summed E-state index contributed by atoms with van der Waals surface area (Å²) < 4.78 is 44.7. The zero-order valence-corrected chi connectivity index (χ0v) is 15.5. The first kappa shape index (κ1) is 20.8. The topological polar surface area (TPSA) is 41.6 Å². The van der Waals surface area contributed by atoms with Crippen LogP contribution in [-0.2, 0) is 11.0 Å². The molecule has 27 heavy (non-hydrogen) atoms. The molecule has 0 heterocycles. The third kappa shape index (κ3) is 5.99. The van der Waals surface area contributed by atoms with Gasteiger partial charge in [0, 0.05) is 6.54 Å². The van der Waals surface area contributed by atoms with Crippen molar-refractivity contribution in [1.29, 1.82) is 0 Å². The summed E-state index contributed by atoms with van der Waals surface area (Å²) >= 11 is 0. The van der Waals surface area contributed by atoms with Crippen LogP contribution in [0.4, 0.5) is 18.9 Å². The summed E-state index contributed by atoms with van der Waals surface area (Å²) in [6.45, 7) is 4.42. The van der Waals surface area contributed by atoms with E-state index in [4.69, 9.17) is 4.74 Å². The van der Waals surface area contributed by atoms with Crippen LogP contribution >= 0.6 is 0 Å². The van der Waals surface area contributed by atoms with E-state index in [1.807, 2.05) is 31.2 Å². The van der Waals surface area contributed by atoms with Gasteiger partial charge >= 0.3 is 6.18 Å². The molecule has 0 radical (unpaired) electrons. The van der Waals surface area contributed by atoms with E-state index < -0.39 is 23.7 Å². The Morgan fingerprint density at radius 2 is 1.78 bits per heavy atom. The highest BCUT2D eigenvalue weighted by Crippen LogP contribution is 2.34. The molecule has 7 heteroatoms. The number of aryl methyl sites for hydroxylation is 1. The molecule has 1 unspecified atom stereocenters. The lowest BCUT2D eigenvalue weighted by atomic mass is 10.1. The van der Waals surface area contributed by atoms with Crippen LogP contribution in [0.3, 0.4) is 0 Å². The molecule has 0 saturated heterocycles. The second-order valence-corrected chi connectivity index (χ2v) is 6.35. The normalized spacial score (nSPS) is 12.7. The molecule has 0 spiro atoms. The number of hydrogen-bond donors (Lipinski definition) is 1. The number of rotatable bonds is 7. The maximum Gasteiger partial charge on any atom is 0.418 e. The number of benzene rings is 2. The first-order valence-electron chi connectivity index (χ1n) is 8.55. The van der Waals surface area contributed by atoms with Crippen molar-refractivity contribution in [3.05, 3.63) is 59.7 Å². The Hall–Kier alpha value is -2.54. The van der Waals surface area contributed by atoms with Crippen molar-refractivity contribution in [2.75, 3.05) is 25.5 Å². The van der Waals surface area contributed by atoms with Gasteiger partial charge in [0.25, 0.3) is 0 Å². The van der Waals surface area contributed by atoms with Gasteiger partial charge in [-0.3, -0.25) is 9.69 Å². The summed E-state index contributed by atoms with van der Waals surface area (Å²) in [7, 11) is 1.72. The maximum absolute atomic E-state index is 13.0. The summed E-state index contributed by atoms with van der Waals surface area (Å²) in [6.07, 6.45) is -4.53. The number of halogens is 3. The Balaban J connectivity index is 1.90. The highest BCUT2D eigenvalue weighted by molar-refractivity contribution is 5.95. The summed E-state index contributed by atoms with van der Waals surface area (Å²) in [5.41, 5.74) is 0.0194. The molecule has 0 aliphatic carbocycles. The largest absolute Gasteiger partial charge is 0.492 e. The Kier molecular flexibility index (Phi) is 6.85. The highest BCUT2D eigenvalue weighted by Gasteiger charge is 2.34. The van der Waals surface area contributed by atoms with Gasteiger partial charge < -0.3 is 10.1 Å². The third-order valence-electron chi connectivity index (χ3n) is 4.26. The van der Waals surface area contributed by atoms with Gasteiger partial charge in [0.2, 0.25) is 5.91 Å². The van der Waals surface area contributed by atoms with Crippen LogP contribution < -0.4 is 10.1 Å². The fraction of sp³-hybridized carbons (Fsp3) is 0.350. The number of nitrogens with one attached hydrogen (secondary N) is 1.